The van der Waals surface area contributed by atoms with Crippen molar-refractivity contribution >= 4 is 40.5 Å². The molecule has 0 unspecified atom stereocenters. The van der Waals surface area contributed by atoms with Crippen LogP contribution in [0.2, 0.25) is 10.0 Å². The molecule has 2 N–H and O–H groups in total. The van der Waals surface area contributed by atoms with E-state index in [1.165, 1.54) is 12.1 Å². The quantitative estimate of drug-likeness (QED) is 0.727. The van der Waals surface area contributed by atoms with Crippen molar-refractivity contribution in [2.75, 3.05) is 17.2 Å². The van der Waals surface area contributed by atoms with E-state index in [4.69, 9.17) is 23.2 Å². The monoisotopic (exact) mass is 376 g/mol. The van der Waals surface area contributed by atoms with Gasteiger partial charge in [-0.2, -0.15) is 13.2 Å². The van der Waals surface area contributed by atoms with Crippen molar-refractivity contribution in [2.24, 2.45) is 0 Å². The van der Waals surface area contributed by atoms with Gasteiger partial charge in [0.1, 0.15) is 0 Å². The largest absolute Gasteiger partial charge is 0.418 e. The predicted molar refractivity (Wildman–Crippen MR) is 89.6 cm³/mol. The van der Waals surface area contributed by atoms with Crippen LogP contribution in [0, 0.1) is 0 Å². The van der Waals surface area contributed by atoms with Crippen LogP contribution in [0.1, 0.15) is 12.0 Å². The number of nitrogens with one attached hydrogen (secondary N) is 2. The molecule has 128 valence electrons. The Labute approximate surface area is 146 Å². The number of carbonyl (C=O) groups excluding carboxylic acids is 1. The van der Waals surface area contributed by atoms with E-state index in [0.717, 1.165) is 6.07 Å². The smallest absolute Gasteiger partial charge is 0.384 e. The first-order valence-electron chi connectivity index (χ1n) is 6.92. The van der Waals surface area contributed by atoms with Crippen molar-refractivity contribution in [2.45, 2.75) is 12.6 Å². The zero-order valence-corrected chi connectivity index (χ0v) is 13.8. The maximum absolute atomic E-state index is 12.9. The van der Waals surface area contributed by atoms with Crippen LogP contribution in [0.4, 0.5) is 24.5 Å². The highest BCUT2D eigenvalue weighted by atomic mass is 35.5. The van der Waals surface area contributed by atoms with Crippen molar-refractivity contribution < 1.29 is 18.0 Å². The molecular formula is C16H13Cl2F3N2O. The second kappa shape index (κ2) is 7.77. The molecule has 0 radical (unpaired) electrons. The molecule has 0 fully saturated rings. The fourth-order valence-corrected chi connectivity index (χ4v) is 2.37. The Bertz CT molecular complexity index is 736. The van der Waals surface area contributed by atoms with Gasteiger partial charge in [-0.15, -0.1) is 0 Å². The van der Waals surface area contributed by atoms with Crippen LogP contribution in [0.5, 0.6) is 0 Å². The van der Waals surface area contributed by atoms with Gasteiger partial charge in [-0.25, -0.2) is 0 Å². The van der Waals surface area contributed by atoms with E-state index in [1.54, 1.807) is 24.3 Å². The van der Waals surface area contributed by atoms with E-state index < -0.39 is 11.7 Å². The van der Waals surface area contributed by atoms with Gasteiger partial charge in [-0.05, 0) is 36.4 Å². The topological polar surface area (TPSA) is 41.1 Å². The molecule has 3 nitrogen and oxygen atoms in total. The van der Waals surface area contributed by atoms with Gasteiger partial charge < -0.3 is 10.6 Å². The highest BCUT2D eigenvalue weighted by Crippen LogP contribution is 2.36. The maximum Gasteiger partial charge on any atom is 0.418 e. The number of hydrogen-bond acceptors (Lipinski definition) is 2. The van der Waals surface area contributed by atoms with Crippen molar-refractivity contribution in [3.05, 3.63) is 58.1 Å². The average Bonchev–Trinajstić information content (AvgIpc) is 2.47. The molecule has 0 aliphatic carbocycles. The first-order valence-corrected chi connectivity index (χ1v) is 7.67. The number of amides is 1. The highest BCUT2D eigenvalue weighted by Gasteiger charge is 2.33. The molecule has 0 aromatic heterocycles. The van der Waals surface area contributed by atoms with Gasteiger partial charge in [-0.3, -0.25) is 4.79 Å². The van der Waals surface area contributed by atoms with Gasteiger partial charge in [-0.1, -0.05) is 29.3 Å². The molecule has 1 amide bonds. The molecule has 2 rings (SSSR count). The number of halogens is 5. The van der Waals surface area contributed by atoms with Crippen LogP contribution < -0.4 is 10.6 Å². The minimum atomic E-state index is -4.53. The molecule has 0 saturated carbocycles. The average molecular weight is 377 g/mol. The van der Waals surface area contributed by atoms with E-state index in [9.17, 15) is 18.0 Å². The van der Waals surface area contributed by atoms with Gasteiger partial charge in [0, 0.05) is 34.4 Å². The van der Waals surface area contributed by atoms with Crippen LogP contribution >= 0.6 is 23.2 Å². The second-order valence-corrected chi connectivity index (χ2v) is 5.80. The summed E-state index contributed by atoms with van der Waals surface area (Å²) >= 11 is 11.4. The summed E-state index contributed by atoms with van der Waals surface area (Å²) in [5.41, 5.74) is -0.470. The molecule has 0 saturated heterocycles. The Balaban J connectivity index is 1.93. The van der Waals surface area contributed by atoms with Gasteiger partial charge in [0.2, 0.25) is 5.91 Å². The molecule has 0 aliphatic rings. The molecule has 0 heterocycles. The summed E-state index contributed by atoms with van der Waals surface area (Å²) in [6.07, 6.45) is -4.54. The Kier molecular flexibility index (Phi) is 5.96. The van der Waals surface area contributed by atoms with Crippen molar-refractivity contribution in [3.8, 4) is 0 Å². The summed E-state index contributed by atoms with van der Waals surface area (Å²) in [7, 11) is 0. The van der Waals surface area contributed by atoms with E-state index in [1.807, 2.05) is 0 Å². The van der Waals surface area contributed by atoms with Crippen LogP contribution in [0.25, 0.3) is 0 Å². The van der Waals surface area contributed by atoms with Crippen LogP contribution in [-0.2, 0) is 11.0 Å². The van der Waals surface area contributed by atoms with E-state index in [-0.39, 0.29) is 29.6 Å². The maximum atomic E-state index is 12.9. The molecule has 0 atom stereocenters. The predicted octanol–water partition coefficient (Wildman–Crippen LogP) is 5.45. The minimum Gasteiger partial charge on any atom is -0.384 e. The number of carbonyl (C=O) groups is 1. The van der Waals surface area contributed by atoms with Crippen LogP contribution in [-0.4, -0.2) is 12.5 Å². The highest BCUT2D eigenvalue weighted by molar-refractivity contribution is 6.31. The SMILES string of the molecule is O=C(CCNc1ccc(Cl)cc1C(F)(F)F)Nc1cccc(Cl)c1. The zero-order chi connectivity index (χ0) is 17.7. The molecule has 0 spiro atoms. The Morgan fingerprint density at radius 3 is 2.42 bits per heavy atom. The second-order valence-electron chi connectivity index (χ2n) is 4.92. The molecule has 0 aliphatic heterocycles. The first-order chi connectivity index (χ1) is 11.3. The van der Waals surface area contributed by atoms with Crippen molar-refractivity contribution in [3.63, 3.8) is 0 Å². The van der Waals surface area contributed by atoms with E-state index >= 15 is 0 Å². The van der Waals surface area contributed by atoms with E-state index in [2.05, 4.69) is 10.6 Å². The minimum absolute atomic E-state index is 0.00750. The van der Waals surface area contributed by atoms with Crippen LogP contribution in [0.15, 0.2) is 42.5 Å². The van der Waals surface area contributed by atoms with Gasteiger partial charge in [0.05, 0.1) is 5.56 Å². The Morgan fingerprint density at radius 1 is 1.04 bits per heavy atom. The summed E-state index contributed by atoms with van der Waals surface area (Å²) in [6, 6.07) is 10.0. The Hall–Kier alpha value is -1.92. The summed E-state index contributed by atoms with van der Waals surface area (Å²) in [5.74, 6) is -0.340. The van der Waals surface area contributed by atoms with Gasteiger partial charge in [0.15, 0.2) is 0 Å². The third kappa shape index (κ3) is 5.32. The Morgan fingerprint density at radius 2 is 1.75 bits per heavy atom. The molecule has 24 heavy (non-hydrogen) atoms. The lowest BCUT2D eigenvalue weighted by Crippen LogP contribution is -2.17. The number of alkyl halides is 3. The molecule has 8 heteroatoms. The standard InChI is InChI=1S/C16H13Cl2F3N2O/c17-10-2-1-3-12(8-10)23-15(24)6-7-22-14-5-4-11(18)9-13(14)16(19,20)21/h1-5,8-9,22H,6-7H2,(H,23,24). The third-order valence-electron chi connectivity index (χ3n) is 3.06. The number of rotatable bonds is 5. The summed E-state index contributed by atoms with van der Waals surface area (Å²) in [6.45, 7) is 0.0388. The van der Waals surface area contributed by atoms with Gasteiger partial charge >= 0.3 is 6.18 Å². The van der Waals surface area contributed by atoms with Crippen molar-refractivity contribution in [1.29, 1.82) is 0 Å². The number of anilines is 2. The van der Waals surface area contributed by atoms with Gasteiger partial charge in [0.25, 0.3) is 0 Å². The zero-order valence-electron chi connectivity index (χ0n) is 12.3. The lowest BCUT2D eigenvalue weighted by Gasteiger charge is -2.15. The fourth-order valence-electron chi connectivity index (χ4n) is 2.01. The fraction of sp³-hybridized carbons (Fsp3) is 0.188. The molecule has 2 aromatic rings. The van der Waals surface area contributed by atoms with E-state index in [0.29, 0.717) is 10.7 Å². The number of benzene rings is 2. The summed E-state index contributed by atoms with van der Waals surface area (Å²) in [5, 5.41) is 5.69. The van der Waals surface area contributed by atoms with Crippen molar-refractivity contribution in [1.82, 2.24) is 0 Å². The molecule has 2 aromatic carbocycles. The lowest BCUT2D eigenvalue weighted by atomic mass is 10.1. The first kappa shape index (κ1) is 18.4. The third-order valence-corrected chi connectivity index (χ3v) is 3.53. The number of hydrogen-bond donors (Lipinski definition) is 2. The normalized spacial score (nSPS) is 11.2. The summed E-state index contributed by atoms with van der Waals surface area (Å²) in [4.78, 5) is 11.8. The molecular weight excluding hydrogens is 364 g/mol. The lowest BCUT2D eigenvalue weighted by molar-refractivity contribution is -0.137. The molecule has 0 bridgehead atoms. The van der Waals surface area contributed by atoms with Crippen LogP contribution in [0.3, 0.4) is 0 Å². The summed E-state index contributed by atoms with van der Waals surface area (Å²) < 4.78 is 38.8.